The summed E-state index contributed by atoms with van der Waals surface area (Å²) >= 11 is 0. The van der Waals surface area contributed by atoms with Crippen molar-refractivity contribution in [3.63, 3.8) is 0 Å². The summed E-state index contributed by atoms with van der Waals surface area (Å²) in [5.74, 6) is -1.04. The number of H-pyrrole nitrogens is 1. The van der Waals surface area contributed by atoms with E-state index in [1.54, 1.807) is 54.7 Å². The number of esters is 1. The summed E-state index contributed by atoms with van der Waals surface area (Å²) in [6.45, 7) is 2.40. The Morgan fingerprint density at radius 3 is 2.41 bits per heavy atom. The van der Waals surface area contributed by atoms with Gasteiger partial charge in [0.25, 0.3) is 5.91 Å². The van der Waals surface area contributed by atoms with Crippen LogP contribution in [0.3, 0.4) is 0 Å². The van der Waals surface area contributed by atoms with E-state index < -0.39 is 11.9 Å². The number of benzene rings is 2. The predicted octanol–water partition coefficient (Wildman–Crippen LogP) is 3.85. The zero-order valence-corrected chi connectivity index (χ0v) is 16.0. The molecule has 1 heterocycles. The number of aromatic nitrogens is 2. The lowest BCUT2D eigenvalue weighted by atomic mass is 10.0. The number of imidazole rings is 1. The molecule has 7 heteroatoms. The first-order valence-corrected chi connectivity index (χ1v) is 9.31. The van der Waals surface area contributed by atoms with Crippen LogP contribution < -0.4 is 5.32 Å². The molecular formula is C22H21N3O4. The Morgan fingerprint density at radius 1 is 1.03 bits per heavy atom. The molecule has 3 aromatic rings. The summed E-state index contributed by atoms with van der Waals surface area (Å²) in [4.78, 5) is 44.0. The lowest BCUT2D eigenvalue weighted by Crippen LogP contribution is -2.17. The van der Waals surface area contributed by atoms with E-state index in [0.29, 0.717) is 17.9 Å². The summed E-state index contributed by atoms with van der Waals surface area (Å²) < 4.78 is 5.16. The third kappa shape index (κ3) is 4.95. The van der Waals surface area contributed by atoms with Crippen LogP contribution in [0.4, 0.5) is 5.69 Å². The number of carbonyl (C=O) groups is 3. The first kappa shape index (κ1) is 20.0. The zero-order valence-electron chi connectivity index (χ0n) is 16.0. The first-order chi connectivity index (χ1) is 14.1. The van der Waals surface area contributed by atoms with E-state index in [2.05, 4.69) is 15.3 Å². The lowest BCUT2D eigenvalue weighted by Gasteiger charge is -2.09. The van der Waals surface area contributed by atoms with E-state index in [1.807, 2.05) is 6.92 Å². The standard InChI is InChI=1S/C22H21N3O4/c1-2-3-14-29-22(28)15-8-10-16(11-9-15)25-21(27)18-7-5-4-6-17(18)19(26)20-23-12-13-24-20/h4-13H,2-3,14H2,1H3,(H,23,24)(H,25,27). The van der Waals surface area contributed by atoms with E-state index in [1.165, 1.54) is 6.20 Å². The van der Waals surface area contributed by atoms with Crippen LogP contribution in [0.15, 0.2) is 60.9 Å². The zero-order chi connectivity index (χ0) is 20.6. The van der Waals surface area contributed by atoms with Gasteiger partial charge < -0.3 is 15.0 Å². The van der Waals surface area contributed by atoms with Gasteiger partial charge in [-0.15, -0.1) is 0 Å². The largest absolute Gasteiger partial charge is 0.462 e. The van der Waals surface area contributed by atoms with Crippen LogP contribution in [-0.2, 0) is 4.74 Å². The van der Waals surface area contributed by atoms with Crippen molar-refractivity contribution in [3.8, 4) is 0 Å². The van der Waals surface area contributed by atoms with Gasteiger partial charge in [-0.25, -0.2) is 9.78 Å². The highest BCUT2D eigenvalue weighted by atomic mass is 16.5. The molecule has 0 spiro atoms. The molecule has 0 aliphatic heterocycles. The first-order valence-electron chi connectivity index (χ1n) is 9.31. The molecule has 0 radical (unpaired) electrons. The van der Waals surface area contributed by atoms with Crippen molar-refractivity contribution >= 4 is 23.3 Å². The molecule has 0 bridgehead atoms. The maximum absolute atomic E-state index is 12.7. The number of nitrogens with one attached hydrogen (secondary N) is 2. The molecule has 0 aliphatic carbocycles. The number of nitrogens with zero attached hydrogens (tertiary/aromatic N) is 1. The Kier molecular flexibility index (Phi) is 6.52. The Labute approximate surface area is 168 Å². The number of amides is 1. The number of carbonyl (C=O) groups excluding carboxylic acids is 3. The van der Waals surface area contributed by atoms with Gasteiger partial charge in [0.05, 0.1) is 17.7 Å². The molecule has 7 nitrogen and oxygen atoms in total. The molecule has 3 rings (SSSR count). The van der Waals surface area contributed by atoms with E-state index in [9.17, 15) is 14.4 Å². The minimum atomic E-state index is -0.432. The number of unbranched alkanes of at least 4 members (excludes halogenated alkanes) is 1. The maximum atomic E-state index is 12.7. The summed E-state index contributed by atoms with van der Waals surface area (Å²) in [6, 6.07) is 12.9. The van der Waals surface area contributed by atoms with Gasteiger partial charge in [-0.2, -0.15) is 0 Å². The summed E-state index contributed by atoms with van der Waals surface area (Å²) in [6.07, 6.45) is 4.79. The molecule has 0 atom stereocenters. The SMILES string of the molecule is CCCCOC(=O)c1ccc(NC(=O)c2ccccc2C(=O)c2ncc[nH]2)cc1. The lowest BCUT2D eigenvalue weighted by molar-refractivity contribution is 0.0499. The molecule has 2 aromatic carbocycles. The van der Waals surface area contributed by atoms with Crippen LogP contribution in [0.1, 0.15) is 56.7 Å². The van der Waals surface area contributed by atoms with Crippen LogP contribution in [-0.4, -0.2) is 34.2 Å². The molecule has 29 heavy (non-hydrogen) atoms. The van der Waals surface area contributed by atoms with Crippen molar-refractivity contribution < 1.29 is 19.1 Å². The Balaban J connectivity index is 1.71. The molecule has 0 fully saturated rings. The third-order valence-electron chi connectivity index (χ3n) is 4.24. The fraction of sp³-hybridized carbons (Fsp3) is 0.182. The van der Waals surface area contributed by atoms with Gasteiger partial charge in [0, 0.05) is 23.6 Å². The van der Waals surface area contributed by atoms with Crippen molar-refractivity contribution in [1.82, 2.24) is 9.97 Å². The summed E-state index contributed by atoms with van der Waals surface area (Å²) in [5, 5.41) is 2.74. The van der Waals surface area contributed by atoms with Gasteiger partial charge in [0.1, 0.15) is 0 Å². The quantitative estimate of drug-likeness (QED) is 0.345. The third-order valence-corrected chi connectivity index (χ3v) is 4.24. The predicted molar refractivity (Wildman–Crippen MR) is 108 cm³/mol. The average molecular weight is 391 g/mol. The van der Waals surface area contributed by atoms with Crippen molar-refractivity contribution in [2.75, 3.05) is 11.9 Å². The number of hydrogen-bond donors (Lipinski definition) is 2. The minimum absolute atomic E-state index is 0.163. The van der Waals surface area contributed by atoms with E-state index in [-0.39, 0.29) is 22.7 Å². The van der Waals surface area contributed by atoms with Crippen LogP contribution in [0.25, 0.3) is 0 Å². The van der Waals surface area contributed by atoms with E-state index in [0.717, 1.165) is 12.8 Å². The smallest absolute Gasteiger partial charge is 0.338 e. The highest BCUT2D eigenvalue weighted by Gasteiger charge is 2.19. The van der Waals surface area contributed by atoms with Crippen LogP contribution in [0, 0.1) is 0 Å². The topological polar surface area (TPSA) is 101 Å². The Morgan fingerprint density at radius 2 is 1.76 bits per heavy atom. The monoisotopic (exact) mass is 391 g/mol. The summed E-state index contributed by atoms with van der Waals surface area (Å²) in [7, 11) is 0. The molecule has 0 unspecified atom stereocenters. The van der Waals surface area contributed by atoms with E-state index >= 15 is 0 Å². The van der Waals surface area contributed by atoms with Gasteiger partial charge in [-0.1, -0.05) is 31.5 Å². The van der Waals surface area contributed by atoms with Gasteiger partial charge in [-0.3, -0.25) is 9.59 Å². The number of ketones is 1. The molecule has 148 valence electrons. The molecule has 0 saturated heterocycles. The second-order valence-corrected chi connectivity index (χ2v) is 6.33. The molecular weight excluding hydrogens is 370 g/mol. The van der Waals surface area contributed by atoms with Crippen molar-refractivity contribution in [2.45, 2.75) is 19.8 Å². The highest BCUT2D eigenvalue weighted by molar-refractivity contribution is 6.16. The van der Waals surface area contributed by atoms with Crippen molar-refractivity contribution in [2.24, 2.45) is 0 Å². The number of aromatic amines is 1. The number of hydrogen-bond acceptors (Lipinski definition) is 5. The number of anilines is 1. The highest BCUT2D eigenvalue weighted by Crippen LogP contribution is 2.16. The molecule has 0 aliphatic rings. The summed E-state index contributed by atoms with van der Waals surface area (Å²) in [5.41, 5.74) is 1.39. The Hall–Kier alpha value is -3.74. The van der Waals surface area contributed by atoms with Crippen molar-refractivity contribution in [1.29, 1.82) is 0 Å². The second-order valence-electron chi connectivity index (χ2n) is 6.33. The van der Waals surface area contributed by atoms with Gasteiger partial charge >= 0.3 is 5.97 Å². The molecule has 2 N–H and O–H groups in total. The molecule has 0 saturated carbocycles. The minimum Gasteiger partial charge on any atom is -0.462 e. The fourth-order valence-electron chi connectivity index (χ4n) is 2.68. The fourth-order valence-corrected chi connectivity index (χ4v) is 2.68. The number of ether oxygens (including phenoxy) is 1. The van der Waals surface area contributed by atoms with Gasteiger partial charge in [-0.05, 0) is 36.8 Å². The average Bonchev–Trinajstić information content (AvgIpc) is 3.29. The van der Waals surface area contributed by atoms with Gasteiger partial charge in [0.2, 0.25) is 5.78 Å². The van der Waals surface area contributed by atoms with Crippen LogP contribution >= 0.6 is 0 Å². The maximum Gasteiger partial charge on any atom is 0.338 e. The van der Waals surface area contributed by atoms with Crippen molar-refractivity contribution in [3.05, 3.63) is 83.4 Å². The normalized spacial score (nSPS) is 10.4. The Bertz CT molecular complexity index is 995. The molecule has 1 amide bonds. The van der Waals surface area contributed by atoms with Gasteiger partial charge in [0.15, 0.2) is 5.82 Å². The molecule has 1 aromatic heterocycles. The van der Waals surface area contributed by atoms with Crippen LogP contribution in [0.5, 0.6) is 0 Å². The number of rotatable bonds is 8. The van der Waals surface area contributed by atoms with E-state index in [4.69, 9.17) is 4.74 Å². The van der Waals surface area contributed by atoms with Crippen LogP contribution in [0.2, 0.25) is 0 Å². The second kappa shape index (κ2) is 9.45.